The quantitative estimate of drug-likeness (QED) is 0.676. The summed E-state index contributed by atoms with van der Waals surface area (Å²) in [7, 11) is 0. The number of nitrogens with zero attached hydrogens (tertiary/aromatic N) is 1. The summed E-state index contributed by atoms with van der Waals surface area (Å²) in [4.78, 5) is 11.7. The molecule has 3 rings (SSSR count). The minimum absolute atomic E-state index is 0.177. The maximum absolute atomic E-state index is 13.1. The molecule has 22 heavy (non-hydrogen) atoms. The van der Waals surface area contributed by atoms with Crippen LogP contribution in [0.15, 0.2) is 67.4 Å². The predicted octanol–water partition coefficient (Wildman–Crippen LogP) is 4.19. The van der Waals surface area contributed by atoms with Crippen molar-refractivity contribution < 1.29 is 13.9 Å². The van der Waals surface area contributed by atoms with Crippen LogP contribution in [-0.2, 0) is 6.61 Å². The first kappa shape index (κ1) is 14.1. The second-order valence-corrected chi connectivity index (χ2v) is 4.87. The number of aromatic nitrogens is 1. The van der Waals surface area contributed by atoms with Gasteiger partial charge in [0.2, 0.25) is 0 Å². The zero-order valence-corrected chi connectivity index (χ0v) is 11.8. The fraction of sp³-hybridized carbons (Fsp3) is 0.0556. The number of hydrogen-bond acceptors (Lipinski definition) is 2. The highest BCUT2D eigenvalue weighted by Crippen LogP contribution is 2.23. The highest BCUT2D eigenvalue weighted by atomic mass is 19.1. The van der Waals surface area contributed by atoms with Gasteiger partial charge >= 0.3 is 0 Å². The van der Waals surface area contributed by atoms with Crippen LogP contribution in [0.1, 0.15) is 10.4 Å². The van der Waals surface area contributed by atoms with Crippen LogP contribution in [0.2, 0.25) is 0 Å². The minimum atomic E-state index is -0.281. The first-order chi connectivity index (χ1) is 10.7. The summed E-state index contributed by atoms with van der Waals surface area (Å²) in [5, 5.41) is 0.895. The molecule has 0 aliphatic rings. The predicted molar refractivity (Wildman–Crippen MR) is 83.5 cm³/mol. The largest absolute Gasteiger partial charge is 0.489 e. The third-order valence-electron chi connectivity index (χ3n) is 3.37. The van der Waals surface area contributed by atoms with Crippen LogP contribution in [0.3, 0.4) is 0 Å². The summed E-state index contributed by atoms with van der Waals surface area (Å²) in [5.41, 5.74) is 1.56. The topological polar surface area (TPSA) is 31.2 Å². The van der Waals surface area contributed by atoms with Crippen molar-refractivity contribution in [2.45, 2.75) is 6.61 Å². The first-order valence-corrected chi connectivity index (χ1v) is 6.82. The summed E-state index contributed by atoms with van der Waals surface area (Å²) in [5.74, 6) is 0.209. The Kier molecular flexibility index (Phi) is 3.74. The van der Waals surface area contributed by atoms with Gasteiger partial charge in [-0.2, -0.15) is 0 Å². The van der Waals surface area contributed by atoms with Crippen LogP contribution in [0, 0.1) is 5.82 Å². The van der Waals surface area contributed by atoms with E-state index in [1.165, 1.54) is 22.8 Å². The normalized spacial score (nSPS) is 10.6. The standard InChI is InChI=1S/C18H14FNO2/c1-2-18(21)20-9-8-14-11-16(6-7-17(14)20)22-12-13-4-3-5-15(19)10-13/h2-11H,1,12H2. The van der Waals surface area contributed by atoms with E-state index in [1.54, 1.807) is 24.4 Å². The number of carbonyl (C=O) groups excluding carboxylic acids is 1. The molecule has 0 fully saturated rings. The number of hydrogen-bond donors (Lipinski definition) is 0. The van der Waals surface area contributed by atoms with Gasteiger partial charge in [0.25, 0.3) is 5.91 Å². The Balaban J connectivity index is 1.81. The van der Waals surface area contributed by atoms with Crippen molar-refractivity contribution in [3.05, 3.63) is 78.8 Å². The van der Waals surface area contributed by atoms with Crippen LogP contribution in [-0.4, -0.2) is 10.5 Å². The second-order valence-electron chi connectivity index (χ2n) is 4.87. The maximum atomic E-state index is 13.1. The molecule has 0 radical (unpaired) electrons. The van der Waals surface area contributed by atoms with Crippen molar-refractivity contribution in [2.24, 2.45) is 0 Å². The molecule has 1 aromatic heterocycles. The summed E-state index contributed by atoms with van der Waals surface area (Å²) in [6.07, 6.45) is 2.97. The van der Waals surface area contributed by atoms with E-state index in [4.69, 9.17) is 4.74 Å². The van der Waals surface area contributed by atoms with Gasteiger partial charge in [-0.3, -0.25) is 9.36 Å². The molecule has 0 atom stereocenters. The van der Waals surface area contributed by atoms with Crippen LogP contribution in [0.25, 0.3) is 10.9 Å². The van der Waals surface area contributed by atoms with Crippen molar-refractivity contribution in [1.82, 2.24) is 4.57 Å². The van der Waals surface area contributed by atoms with Gasteiger partial charge in [0.1, 0.15) is 18.2 Å². The average molecular weight is 295 g/mol. The summed E-state index contributed by atoms with van der Waals surface area (Å²) < 4.78 is 20.3. The number of benzene rings is 2. The SMILES string of the molecule is C=CC(=O)n1ccc2cc(OCc3cccc(F)c3)ccc21. The Bertz CT molecular complexity index is 851. The molecule has 110 valence electrons. The molecule has 0 N–H and O–H groups in total. The van der Waals surface area contributed by atoms with Gasteiger partial charge in [-0.25, -0.2) is 4.39 Å². The molecule has 0 amide bonds. The van der Waals surface area contributed by atoms with Crippen molar-refractivity contribution in [3.63, 3.8) is 0 Å². The molecule has 0 aliphatic carbocycles. The summed E-state index contributed by atoms with van der Waals surface area (Å²) >= 11 is 0. The third-order valence-corrected chi connectivity index (χ3v) is 3.37. The highest BCUT2D eigenvalue weighted by Gasteiger charge is 2.07. The molecule has 0 spiro atoms. The van der Waals surface area contributed by atoms with E-state index in [1.807, 2.05) is 18.2 Å². The van der Waals surface area contributed by atoms with E-state index in [-0.39, 0.29) is 18.3 Å². The molecule has 0 unspecified atom stereocenters. The summed E-state index contributed by atoms with van der Waals surface area (Å²) in [6, 6.07) is 13.6. The van der Waals surface area contributed by atoms with Crippen molar-refractivity contribution in [1.29, 1.82) is 0 Å². The lowest BCUT2D eigenvalue weighted by Crippen LogP contribution is -2.04. The first-order valence-electron chi connectivity index (χ1n) is 6.82. The van der Waals surface area contributed by atoms with E-state index in [0.717, 1.165) is 16.5 Å². The van der Waals surface area contributed by atoms with Crippen molar-refractivity contribution >= 4 is 16.8 Å². The third kappa shape index (κ3) is 2.76. The minimum Gasteiger partial charge on any atom is -0.489 e. The Labute approximate surface area is 127 Å². The Morgan fingerprint density at radius 3 is 2.86 bits per heavy atom. The van der Waals surface area contributed by atoms with Gasteiger partial charge < -0.3 is 4.74 Å². The lowest BCUT2D eigenvalue weighted by molar-refractivity contribution is 0.0974. The lowest BCUT2D eigenvalue weighted by atomic mass is 10.2. The zero-order chi connectivity index (χ0) is 15.5. The van der Waals surface area contributed by atoms with Crippen molar-refractivity contribution in [2.75, 3.05) is 0 Å². The molecule has 0 aliphatic heterocycles. The number of halogens is 1. The van der Waals surface area contributed by atoms with Gasteiger partial charge in [0.15, 0.2) is 0 Å². The molecule has 2 aromatic carbocycles. The fourth-order valence-corrected chi connectivity index (χ4v) is 2.29. The Hall–Kier alpha value is -2.88. The number of rotatable bonds is 4. The molecule has 3 aromatic rings. The number of ether oxygens (including phenoxy) is 1. The fourth-order valence-electron chi connectivity index (χ4n) is 2.29. The van der Waals surface area contributed by atoms with Crippen LogP contribution < -0.4 is 4.74 Å². The number of fused-ring (bicyclic) bond motifs is 1. The van der Waals surface area contributed by atoms with Crippen LogP contribution in [0.5, 0.6) is 5.75 Å². The van der Waals surface area contributed by atoms with E-state index < -0.39 is 0 Å². The van der Waals surface area contributed by atoms with Crippen molar-refractivity contribution in [3.8, 4) is 5.75 Å². The molecule has 4 heteroatoms. The van der Waals surface area contributed by atoms with E-state index >= 15 is 0 Å². The molecular formula is C18H14FNO2. The van der Waals surface area contributed by atoms with E-state index in [0.29, 0.717) is 5.75 Å². The van der Waals surface area contributed by atoms with E-state index in [9.17, 15) is 9.18 Å². The molecule has 0 saturated heterocycles. The molecule has 0 saturated carbocycles. The molecule has 3 nitrogen and oxygen atoms in total. The highest BCUT2D eigenvalue weighted by molar-refractivity contribution is 5.98. The van der Waals surface area contributed by atoms with Gasteiger partial charge in [0.05, 0.1) is 5.52 Å². The van der Waals surface area contributed by atoms with Crippen LogP contribution in [0.4, 0.5) is 4.39 Å². The van der Waals surface area contributed by atoms with Gasteiger partial charge in [-0.05, 0) is 48.0 Å². The number of allylic oxidation sites excluding steroid dienone is 1. The monoisotopic (exact) mass is 295 g/mol. The van der Waals surface area contributed by atoms with Gasteiger partial charge in [0, 0.05) is 11.6 Å². The smallest absolute Gasteiger partial charge is 0.254 e. The maximum Gasteiger partial charge on any atom is 0.254 e. The molecule has 0 bridgehead atoms. The van der Waals surface area contributed by atoms with Crippen LogP contribution >= 0.6 is 0 Å². The van der Waals surface area contributed by atoms with Gasteiger partial charge in [-0.1, -0.05) is 18.7 Å². The average Bonchev–Trinajstić information content (AvgIpc) is 2.95. The Morgan fingerprint density at radius 2 is 2.09 bits per heavy atom. The molecule has 1 heterocycles. The summed E-state index contributed by atoms with van der Waals surface area (Å²) in [6.45, 7) is 3.77. The van der Waals surface area contributed by atoms with E-state index in [2.05, 4.69) is 6.58 Å². The number of carbonyl (C=O) groups is 1. The second kappa shape index (κ2) is 5.85. The zero-order valence-electron chi connectivity index (χ0n) is 11.8. The Morgan fingerprint density at radius 1 is 1.23 bits per heavy atom. The molecular weight excluding hydrogens is 281 g/mol. The lowest BCUT2D eigenvalue weighted by Gasteiger charge is -2.07. The van der Waals surface area contributed by atoms with Gasteiger partial charge in [-0.15, -0.1) is 0 Å².